The van der Waals surface area contributed by atoms with Crippen LogP contribution in [0.5, 0.6) is 0 Å². The number of nitrogens with one attached hydrogen (secondary N) is 1. The highest BCUT2D eigenvalue weighted by molar-refractivity contribution is 7.23. The number of fused-ring (bicyclic) bond motifs is 2. The number of ether oxygens (including phenoxy) is 2. The Kier molecular flexibility index (Phi) is 7.43. The van der Waals surface area contributed by atoms with Gasteiger partial charge >= 0.3 is 12.2 Å². The number of thiophene rings is 1. The fourth-order valence-corrected chi connectivity index (χ4v) is 6.99. The largest absolute Gasteiger partial charge is 0.444 e. The van der Waals surface area contributed by atoms with Gasteiger partial charge in [0.1, 0.15) is 33.9 Å². The Morgan fingerprint density at radius 1 is 1.04 bits per heavy atom. The topological polar surface area (TPSA) is 130 Å². The Balaban J connectivity index is 1.45. The zero-order valence-electron chi connectivity index (χ0n) is 26.2. The molecule has 4 aromatic rings. The highest BCUT2D eigenvalue weighted by Crippen LogP contribution is 2.45. The van der Waals surface area contributed by atoms with Crippen LogP contribution < -0.4 is 5.32 Å². The van der Waals surface area contributed by atoms with Crippen LogP contribution >= 0.6 is 11.3 Å². The predicted molar refractivity (Wildman–Crippen MR) is 168 cm³/mol. The van der Waals surface area contributed by atoms with Gasteiger partial charge in [-0.05, 0) is 59.2 Å². The molecule has 0 aliphatic carbocycles. The lowest BCUT2D eigenvalue weighted by Gasteiger charge is -2.40. The van der Waals surface area contributed by atoms with Gasteiger partial charge in [0.25, 0.3) is 5.91 Å². The molecule has 3 amide bonds. The molecular formula is C32H32F2N6O5S. The first-order valence-electron chi connectivity index (χ1n) is 14.7. The Labute approximate surface area is 267 Å². The summed E-state index contributed by atoms with van der Waals surface area (Å²) in [6.45, 7) is 11.3. The second kappa shape index (κ2) is 10.9. The van der Waals surface area contributed by atoms with E-state index in [1.807, 2.05) is 6.07 Å². The molecule has 1 atom stereocenters. The van der Waals surface area contributed by atoms with Crippen molar-refractivity contribution in [2.75, 3.05) is 25.0 Å². The molecule has 0 radical (unpaired) electrons. The van der Waals surface area contributed by atoms with E-state index in [2.05, 4.69) is 10.4 Å². The fourth-order valence-electron chi connectivity index (χ4n) is 5.92. The van der Waals surface area contributed by atoms with Crippen molar-refractivity contribution in [1.29, 1.82) is 5.26 Å². The second-order valence-corrected chi connectivity index (χ2v) is 14.3. The number of benzene rings is 2. The molecular weight excluding hydrogens is 618 g/mol. The Hall–Kier alpha value is -4.77. The monoisotopic (exact) mass is 650 g/mol. The highest BCUT2D eigenvalue weighted by Gasteiger charge is 2.39. The van der Waals surface area contributed by atoms with Crippen LogP contribution in [0.2, 0.25) is 0 Å². The summed E-state index contributed by atoms with van der Waals surface area (Å²) in [5.74, 6) is -1.81. The van der Waals surface area contributed by atoms with Gasteiger partial charge in [0, 0.05) is 36.0 Å². The van der Waals surface area contributed by atoms with Crippen LogP contribution in [0.3, 0.4) is 0 Å². The molecule has 2 aliphatic heterocycles. The van der Waals surface area contributed by atoms with Crippen molar-refractivity contribution in [1.82, 2.24) is 19.6 Å². The molecule has 2 aromatic heterocycles. The van der Waals surface area contributed by atoms with Gasteiger partial charge in [-0.3, -0.25) is 14.8 Å². The minimum absolute atomic E-state index is 0.0381. The van der Waals surface area contributed by atoms with Crippen LogP contribution in [0.15, 0.2) is 24.4 Å². The van der Waals surface area contributed by atoms with Gasteiger partial charge in [-0.2, -0.15) is 10.4 Å². The molecule has 6 rings (SSSR count). The van der Waals surface area contributed by atoms with Crippen LogP contribution in [0.4, 0.5) is 23.4 Å². The summed E-state index contributed by atoms with van der Waals surface area (Å²) in [7, 11) is 0. The number of carbonyl (C=O) groups is 3. The molecule has 2 aromatic carbocycles. The minimum Gasteiger partial charge on any atom is -0.444 e. The highest BCUT2D eigenvalue weighted by atomic mass is 32.1. The summed E-state index contributed by atoms with van der Waals surface area (Å²) < 4.78 is 44.0. The number of nitriles is 1. The Morgan fingerprint density at radius 2 is 1.76 bits per heavy atom. The fraction of sp³-hybridized carbons (Fsp3) is 0.406. The van der Waals surface area contributed by atoms with Crippen molar-refractivity contribution in [3.05, 3.63) is 47.2 Å². The van der Waals surface area contributed by atoms with Crippen molar-refractivity contribution < 1.29 is 32.6 Å². The van der Waals surface area contributed by atoms with Gasteiger partial charge in [-0.1, -0.05) is 6.07 Å². The SMILES string of the molecule is CC(C)(C)OC(=O)Nc1sc2c(F)ccc(-c3c(F)cc4c5c3cnn5C[C@H]3CN(C(=O)OC(C)(C)C)CCN3C4=O)c2c1C#N. The van der Waals surface area contributed by atoms with Gasteiger partial charge < -0.3 is 19.3 Å². The molecule has 0 saturated carbocycles. The Bertz CT molecular complexity index is 1980. The van der Waals surface area contributed by atoms with E-state index in [0.717, 1.165) is 17.4 Å². The van der Waals surface area contributed by atoms with Crippen molar-refractivity contribution in [3.8, 4) is 17.2 Å². The smallest absolute Gasteiger partial charge is 0.412 e. The number of rotatable bonds is 2. The number of piperazine rings is 1. The summed E-state index contributed by atoms with van der Waals surface area (Å²) in [4.78, 5) is 42.4. The molecule has 1 saturated heterocycles. The van der Waals surface area contributed by atoms with Crippen LogP contribution in [0.1, 0.15) is 57.5 Å². The van der Waals surface area contributed by atoms with Crippen molar-refractivity contribution in [3.63, 3.8) is 0 Å². The minimum atomic E-state index is -0.824. The maximum Gasteiger partial charge on any atom is 0.412 e. The number of anilines is 1. The molecule has 14 heteroatoms. The number of hydrogen-bond acceptors (Lipinski definition) is 8. The molecule has 11 nitrogen and oxygen atoms in total. The summed E-state index contributed by atoms with van der Waals surface area (Å²) in [6.07, 6.45) is 0.141. The average molecular weight is 651 g/mol. The van der Waals surface area contributed by atoms with E-state index in [4.69, 9.17) is 9.47 Å². The van der Waals surface area contributed by atoms with E-state index in [1.165, 1.54) is 18.3 Å². The quantitative estimate of drug-likeness (QED) is 0.263. The Morgan fingerprint density at radius 3 is 2.43 bits per heavy atom. The lowest BCUT2D eigenvalue weighted by atomic mass is 9.94. The normalized spacial score (nSPS) is 16.7. The molecule has 1 fully saturated rings. The van der Waals surface area contributed by atoms with Crippen LogP contribution in [-0.4, -0.2) is 74.6 Å². The van der Waals surface area contributed by atoms with Gasteiger partial charge in [-0.15, -0.1) is 11.3 Å². The van der Waals surface area contributed by atoms with E-state index in [1.54, 1.807) is 56.0 Å². The van der Waals surface area contributed by atoms with Gasteiger partial charge in [0.2, 0.25) is 0 Å². The first-order chi connectivity index (χ1) is 21.6. The summed E-state index contributed by atoms with van der Waals surface area (Å²) >= 11 is 0.841. The van der Waals surface area contributed by atoms with E-state index in [-0.39, 0.29) is 63.5 Å². The number of aromatic nitrogens is 2. The third kappa shape index (κ3) is 5.49. The zero-order chi connectivity index (χ0) is 33.3. The molecule has 0 bridgehead atoms. The van der Waals surface area contributed by atoms with Gasteiger partial charge in [-0.25, -0.2) is 18.4 Å². The average Bonchev–Trinajstić information content (AvgIpc) is 3.49. The number of hydrogen-bond donors (Lipinski definition) is 1. The maximum atomic E-state index is 16.3. The predicted octanol–water partition coefficient (Wildman–Crippen LogP) is 6.49. The first-order valence-corrected chi connectivity index (χ1v) is 15.5. The number of carbonyl (C=O) groups excluding carboxylic acids is 3. The lowest BCUT2D eigenvalue weighted by Crippen LogP contribution is -2.57. The third-order valence-electron chi connectivity index (χ3n) is 7.67. The van der Waals surface area contributed by atoms with Gasteiger partial charge in [0.05, 0.1) is 40.1 Å². The number of halogens is 2. The lowest BCUT2D eigenvalue weighted by molar-refractivity contribution is 0.00289. The van der Waals surface area contributed by atoms with E-state index in [0.29, 0.717) is 10.9 Å². The van der Waals surface area contributed by atoms with Crippen LogP contribution in [0, 0.1) is 23.0 Å². The van der Waals surface area contributed by atoms with Crippen molar-refractivity contribution >= 4 is 55.4 Å². The van der Waals surface area contributed by atoms with Crippen LogP contribution in [-0.2, 0) is 16.0 Å². The first kappa shape index (κ1) is 31.2. The number of nitrogens with zero attached hydrogens (tertiary/aromatic N) is 5. The number of amides is 3. The van der Waals surface area contributed by atoms with E-state index < -0.39 is 47.0 Å². The summed E-state index contributed by atoms with van der Waals surface area (Å²) in [6, 6.07) is 5.28. The molecule has 0 unspecified atom stereocenters. The summed E-state index contributed by atoms with van der Waals surface area (Å²) in [5.41, 5.74) is -0.811. The maximum absolute atomic E-state index is 16.3. The van der Waals surface area contributed by atoms with E-state index >= 15 is 8.78 Å². The molecule has 46 heavy (non-hydrogen) atoms. The van der Waals surface area contributed by atoms with E-state index in [9.17, 15) is 19.6 Å². The van der Waals surface area contributed by atoms with Crippen LogP contribution in [0.25, 0.3) is 32.1 Å². The molecule has 0 spiro atoms. The van der Waals surface area contributed by atoms with Crippen molar-refractivity contribution in [2.24, 2.45) is 0 Å². The molecule has 240 valence electrons. The molecule has 4 heterocycles. The second-order valence-electron chi connectivity index (χ2n) is 13.3. The summed E-state index contributed by atoms with van der Waals surface area (Å²) in [5, 5.41) is 17.7. The standard InChI is InChI=1S/C32H32F2N6O5S/c1-31(2,3)44-29(42)37-27-19(12-35)24-17(7-8-21(33)26(24)46-27)23-20-13-36-40-15-16-14-38(30(43)45-32(4,5)6)9-10-39(16)28(41)18(25(20)40)11-22(23)34/h7-8,11,13,16H,9-10,14-15H2,1-6H3,(H,37,42)/t16-/m1/s1. The molecule has 1 N–H and O–H groups in total. The third-order valence-corrected chi connectivity index (χ3v) is 8.78. The zero-order valence-corrected chi connectivity index (χ0v) is 27.0. The van der Waals surface area contributed by atoms with Crippen molar-refractivity contribution in [2.45, 2.75) is 65.3 Å². The molecule has 2 aliphatic rings. The van der Waals surface area contributed by atoms with Gasteiger partial charge in [0.15, 0.2) is 0 Å².